The lowest BCUT2D eigenvalue weighted by molar-refractivity contribution is -0.115. The zero-order valence-corrected chi connectivity index (χ0v) is 15.2. The number of aromatic nitrogens is 2. The van der Waals surface area contributed by atoms with Gasteiger partial charge in [0.2, 0.25) is 27.7 Å². The van der Waals surface area contributed by atoms with Gasteiger partial charge in [0.1, 0.15) is 0 Å². The zero-order valence-electron chi connectivity index (χ0n) is 14.4. The Balaban J connectivity index is 1.50. The van der Waals surface area contributed by atoms with E-state index in [1.165, 1.54) is 12.1 Å². The van der Waals surface area contributed by atoms with E-state index in [-0.39, 0.29) is 29.7 Å². The minimum Gasteiger partial charge on any atom is -0.419 e. The first-order valence-electron chi connectivity index (χ1n) is 8.23. The Kier molecular flexibility index (Phi) is 4.25. The van der Waals surface area contributed by atoms with Gasteiger partial charge in [0.15, 0.2) is 0 Å². The Hall–Kier alpha value is -3.04. The van der Waals surface area contributed by atoms with Crippen molar-refractivity contribution >= 4 is 21.6 Å². The Bertz CT molecular complexity index is 1140. The van der Waals surface area contributed by atoms with E-state index in [1.807, 2.05) is 31.2 Å². The largest absolute Gasteiger partial charge is 0.419 e. The van der Waals surface area contributed by atoms with Crippen LogP contribution < -0.4 is 10.0 Å². The molecule has 4 rings (SSSR count). The number of amides is 1. The predicted octanol–water partition coefficient (Wildman–Crippen LogP) is 2.02. The number of benzene rings is 2. The fourth-order valence-corrected chi connectivity index (χ4v) is 3.88. The standard InChI is InChI=1S/C18H16N4O4S/c1-11-4-2-3-5-14(11)18-22-21-17(26-18)10-19-27(24,25)13-6-7-15-12(8-13)9-16(23)20-15/h2-8,19H,9-10H2,1H3,(H,20,23). The molecule has 2 aromatic carbocycles. The van der Waals surface area contributed by atoms with Crippen LogP contribution in [0.15, 0.2) is 51.8 Å². The van der Waals surface area contributed by atoms with Gasteiger partial charge >= 0.3 is 0 Å². The van der Waals surface area contributed by atoms with Crippen LogP contribution in [-0.2, 0) is 27.8 Å². The lowest BCUT2D eigenvalue weighted by Gasteiger charge is -2.06. The minimum absolute atomic E-state index is 0.0800. The molecule has 2 N–H and O–H groups in total. The van der Waals surface area contributed by atoms with Crippen molar-refractivity contribution < 1.29 is 17.6 Å². The Labute approximate surface area is 155 Å². The van der Waals surface area contributed by atoms with E-state index in [2.05, 4.69) is 20.2 Å². The van der Waals surface area contributed by atoms with Crippen LogP contribution in [0.1, 0.15) is 17.0 Å². The highest BCUT2D eigenvalue weighted by Gasteiger charge is 2.22. The summed E-state index contributed by atoms with van der Waals surface area (Å²) >= 11 is 0. The third-order valence-electron chi connectivity index (χ3n) is 4.27. The highest BCUT2D eigenvalue weighted by Crippen LogP contribution is 2.26. The molecule has 0 saturated carbocycles. The average molecular weight is 384 g/mol. The number of hydrogen-bond donors (Lipinski definition) is 2. The summed E-state index contributed by atoms with van der Waals surface area (Å²) in [5, 5.41) is 10.5. The maximum Gasteiger partial charge on any atom is 0.248 e. The molecular formula is C18H16N4O4S. The number of hydrogen-bond acceptors (Lipinski definition) is 6. The number of nitrogens with zero attached hydrogens (tertiary/aromatic N) is 2. The molecule has 0 spiro atoms. The van der Waals surface area contributed by atoms with Crippen LogP contribution in [0, 0.1) is 6.92 Å². The van der Waals surface area contributed by atoms with Crippen LogP contribution in [0.3, 0.4) is 0 Å². The van der Waals surface area contributed by atoms with Gasteiger partial charge in [0, 0.05) is 11.3 Å². The Morgan fingerprint density at radius 1 is 1.19 bits per heavy atom. The second-order valence-corrected chi connectivity index (χ2v) is 7.95. The summed E-state index contributed by atoms with van der Waals surface area (Å²) in [7, 11) is -3.78. The van der Waals surface area contributed by atoms with Gasteiger partial charge in [-0.05, 0) is 42.3 Å². The monoisotopic (exact) mass is 384 g/mol. The molecular weight excluding hydrogens is 368 g/mol. The normalized spacial score (nSPS) is 13.4. The van der Waals surface area contributed by atoms with Gasteiger partial charge in [0.25, 0.3) is 0 Å². The summed E-state index contributed by atoms with van der Waals surface area (Å²) in [5.41, 5.74) is 3.07. The molecule has 0 aliphatic carbocycles. The van der Waals surface area contributed by atoms with Crippen LogP contribution >= 0.6 is 0 Å². The second kappa shape index (κ2) is 6.60. The number of carbonyl (C=O) groups excluding carboxylic acids is 1. The molecule has 0 atom stereocenters. The molecule has 1 aliphatic rings. The fraction of sp³-hybridized carbons (Fsp3) is 0.167. The summed E-state index contributed by atoms with van der Waals surface area (Å²) in [6, 6.07) is 12.1. The highest BCUT2D eigenvalue weighted by molar-refractivity contribution is 7.89. The van der Waals surface area contributed by atoms with E-state index in [9.17, 15) is 13.2 Å². The summed E-state index contributed by atoms with van der Waals surface area (Å²) in [5.74, 6) is 0.348. The summed E-state index contributed by atoms with van der Waals surface area (Å²) in [6.45, 7) is 1.80. The predicted molar refractivity (Wildman–Crippen MR) is 97.3 cm³/mol. The fourth-order valence-electron chi connectivity index (χ4n) is 2.86. The van der Waals surface area contributed by atoms with Crippen LogP contribution in [0.4, 0.5) is 5.69 Å². The number of sulfonamides is 1. The molecule has 0 saturated heterocycles. The second-order valence-electron chi connectivity index (χ2n) is 6.18. The average Bonchev–Trinajstić information content (AvgIpc) is 3.25. The van der Waals surface area contributed by atoms with Crippen molar-refractivity contribution in [2.75, 3.05) is 5.32 Å². The SMILES string of the molecule is Cc1ccccc1-c1nnc(CNS(=O)(=O)c2ccc3c(c2)CC(=O)N3)o1. The Morgan fingerprint density at radius 2 is 2.00 bits per heavy atom. The van der Waals surface area contributed by atoms with Gasteiger partial charge in [-0.1, -0.05) is 18.2 Å². The smallest absolute Gasteiger partial charge is 0.248 e. The molecule has 0 radical (unpaired) electrons. The van der Waals surface area contributed by atoms with Crippen molar-refractivity contribution in [3.8, 4) is 11.5 Å². The summed E-state index contributed by atoms with van der Waals surface area (Å²) in [6.07, 6.45) is 0.169. The molecule has 0 bridgehead atoms. The third kappa shape index (κ3) is 3.46. The number of fused-ring (bicyclic) bond motifs is 1. The maximum atomic E-state index is 12.5. The van der Waals surface area contributed by atoms with Crippen molar-refractivity contribution in [3.63, 3.8) is 0 Å². The van der Waals surface area contributed by atoms with E-state index < -0.39 is 10.0 Å². The minimum atomic E-state index is -3.78. The van der Waals surface area contributed by atoms with Gasteiger partial charge in [-0.15, -0.1) is 10.2 Å². The number of carbonyl (C=O) groups is 1. The van der Waals surface area contributed by atoms with Crippen molar-refractivity contribution in [2.24, 2.45) is 0 Å². The van der Waals surface area contributed by atoms with E-state index in [1.54, 1.807) is 6.07 Å². The maximum absolute atomic E-state index is 12.5. The van der Waals surface area contributed by atoms with Gasteiger partial charge in [-0.25, -0.2) is 13.1 Å². The van der Waals surface area contributed by atoms with Crippen molar-refractivity contribution in [1.82, 2.24) is 14.9 Å². The zero-order chi connectivity index (χ0) is 19.0. The van der Waals surface area contributed by atoms with Crippen molar-refractivity contribution in [1.29, 1.82) is 0 Å². The molecule has 0 unspecified atom stereocenters. The molecule has 0 fully saturated rings. The molecule has 2 heterocycles. The number of aryl methyl sites for hydroxylation is 1. The van der Waals surface area contributed by atoms with Gasteiger partial charge in [0.05, 0.1) is 17.9 Å². The molecule has 138 valence electrons. The third-order valence-corrected chi connectivity index (χ3v) is 5.67. The van der Waals surface area contributed by atoms with E-state index in [0.29, 0.717) is 17.1 Å². The van der Waals surface area contributed by atoms with Gasteiger partial charge < -0.3 is 9.73 Å². The lowest BCUT2D eigenvalue weighted by atomic mass is 10.1. The molecule has 3 aromatic rings. The van der Waals surface area contributed by atoms with Crippen molar-refractivity contribution in [2.45, 2.75) is 24.8 Å². The first kappa shape index (κ1) is 17.4. The van der Waals surface area contributed by atoms with Crippen molar-refractivity contribution in [3.05, 3.63) is 59.5 Å². The molecule has 9 heteroatoms. The Morgan fingerprint density at radius 3 is 2.81 bits per heavy atom. The van der Waals surface area contributed by atoms with Crippen LogP contribution in [-0.4, -0.2) is 24.5 Å². The van der Waals surface area contributed by atoms with E-state index in [0.717, 1.165) is 11.1 Å². The molecule has 1 aliphatic heterocycles. The topological polar surface area (TPSA) is 114 Å². The lowest BCUT2D eigenvalue weighted by Crippen LogP contribution is -2.23. The first-order chi connectivity index (χ1) is 12.9. The van der Waals surface area contributed by atoms with Gasteiger partial charge in [-0.3, -0.25) is 4.79 Å². The number of nitrogens with one attached hydrogen (secondary N) is 2. The summed E-state index contributed by atoms with van der Waals surface area (Å²) < 4.78 is 33.0. The first-order valence-corrected chi connectivity index (χ1v) is 9.71. The van der Waals surface area contributed by atoms with E-state index in [4.69, 9.17) is 4.42 Å². The molecule has 1 amide bonds. The summed E-state index contributed by atoms with van der Waals surface area (Å²) in [4.78, 5) is 11.5. The quantitative estimate of drug-likeness (QED) is 0.696. The van der Waals surface area contributed by atoms with E-state index >= 15 is 0 Å². The molecule has 27 heavy (non-hydrogen) atoms. The van der Waals surface area contributed by atoms with Gasteiger partial charge in [-0.2, -0.15) is 0 Å². The van der Waals surface area contributed by atoms with Crippen LogP contribution in [0.25, 0.3) is 11.5 Å². The van der Waals surface area contributed by atoms with Crippen LogP contribution in [0.5, 0.6) is 0 Å². The highest BCUT2D eigenvalue weighted by atomic mass is 32.2. The molecule has 8 nitrogen and oxygen atoms in total. The van der Waals surface area contributed by atoms with Crippen LogP contribution in [0.2, 0.25) is 0 Å². The number of anilines is 1. The molecule has 1 aromatic heterocycles. The number of rotatable bonds is 5.